The van der Waals surface area contributed by atoms with Gasteiger partial charge in [0.2, 0.25) is 0 Å². The van der Waals surface area contributed by atoms with Gasteiger partial charge in [0.1, 0.15) is 11.6 Å². The number of aryl methyl sites for hydroxylation is 1. The van der Waals surface area contributed by atoms with Crippen LogP contribution in [0.4, 0.5) is 4.39 Å². The monoisotopic (exact) mass is 468 g/mol. The SMILES string of the molecule is CCc1ccc(C2C(=C(O)c3ccc(F)cc3)C(=O)C(=O)N2CCc2c[nH]c3ccccc23)cc1. The Balaban J connectivity index is 1.56. The highest BCUT2D eigenvalue weighted by Gasteiger charge is 2.45. The van der Waals surface area contributed by atoms with Gasteiger partial charge in [-0.15, -0.1) is 0 Å². The van der Waals surface area contributed by atoms with Gasteiger partial charge in [-0.2, -0.15) is 0 Å². The number of amides is 1. The van der Waals surface area contributed by atoms with Crippen molar-refractivity contribution in [2.24, 2.45) is 0 Å². The number of para-hydroxylation sites is 1. The van der Waals surface area contributed by atoms with Gasteiger partial charge in [-0.3, -0.25) is 9.59 Å². The van der Waals surface area contributed by atoms with Crippen LogP contribution in [0.2, 0.25) is 0 Å². The lowest BCUT2D eigenvalue weighted by Gasteiger charge is -2.25. The Hall–Kier alpha value is -4.19. The van der Waals surface area contributed by atoms with E-state index in [4.69, 9.17) is 0 Å². The number of halogens is 1. The molecule has 4 aromatic rings. The zero-order valence-corrected chi connectivity index (χ0v) is 19.3. The third kappa shape index (κ3) is 4.12. The maximum absolute atomic E-state index is 13.5. The summed E-state index contributed by atoms with van der Waals surface area (Å²) in [6, 6.07) is 20.1. The van der Waals surface area contributed by atoms with E-state index in [0.29, 0.717) is 13.0 Å². The average Bonchev–Trinajstić information content (AvgIpc) is 3.41. The second kappa shape index (κ2) is 9.22. The molecule has 0 radical (unpaired) electrons. The van der Waals surface area contributed by atoms with Crippen LogP contribution < -0.4 is 0 Å². The fraction of sp³-hybridized carbons (Fsp3) is 0.172. The van der Waals surface area contributed by atoms with E-state index in [0.717, 1.165) is 34.0 Å². The predicted molar refractivity (Wildman–Crippen MR) is 133 cm³/mol. The molecule has 1 aliphatic rings. The van der Waals surface area contributed by atoms with E-state index in [1.165, 1.54) is 29.2 Å². The lowest BCUT2D eigenvalue weighted by molar-refractivity contribution is -0.139. The van der Waals surface area contributed by atoms with Crippen LogP contribution in [0.1, 0.15) is 35.2 Å². The Bertz CT molecular complexity index is 1440. The summed E-state index contributed by atoms with van der Waals surface area (Å²) in [5.74, 6) is -2.15. The van der Waals surface area contributed by atoms with Crippen molar-refractivity contribution in [3.8, 4) is 0 Å². The summed E-state index contributed by atoms with van der Waals surface area (Å²) < 4.78 is 13.5. The second-order valence-corrected chi connectivity index (χ2v) is 8.70. The van der Waals surface area contributed by atoms with Crippen LogP contribution in [0.25, 0.3) is 16.7 Å². The number of nitrogens with one attached hydrogen (secondary N) is 1. The molecule has 176 valence electrons. The number of fused-ring (bicyclic) bond motifs is 1. The quantitative estimate of drug-likeness (QED) is 0.222. The zero-order chi connectivity index (χ0) is 24.5. The fourth-order valence-electron chi connectivity index (χ4n) is 4.74. The molecule has 6 heteroatoms. The van der Waals surface area contributed by atoms with Crippen LogP contribution in [-0.2, 0) is 22.4 Å². The fourth-order valence-corrected chi connectivity index (χ4v) is 4.74. The molecule has 1 atom stereocenters. The van der Waals surface area contributed by atoms with Crippen molar-refractivity contribution < 1.29 is 19.1 Å². The van der Waals surface area contributed by atoms with Crippen molar-refractivity contribution in [1.82, 2.24) is 9.88 Å². The van der Waals surface area contributed by atoms with Crippen molar-refractivity contribution in [1.29, 1.82) is 0 Å². The number of carbonyl (C=O) groups is 2. The summed E-state index contributed by atoms with van der Waals surface area (Å²) in [4.78, 5) is 31.2. The van der Waals surface area contributed by atoms with E-state index < -0.39 is 23.5 Å². The molecule has 1 unspecified atom stereocenters. The van der Waals surface area contributed by atoms with Crippen LogP contribution in [0.3, 0.4) is 0 Å². The number of likely N-dealkylation sites (tertiary alicyclic amines) is 1. The molecule has 5 nitrogen and oxygen atoms in total. The first-order valence-electron chi connectivity index (χ1n) is 11.7. The highest BCUT2D eigenvalue weighted by Crippen LogP contribution is 2.39. The first-order chi connectivity index (χ1) is 17.0. The number of rotatable bonds is 6. The molecule has 1 amide bonds. The number of aliphatic hydroxyl groups excluding tert-OH is 1. The van der Waals surface area contributed by atoms with E-state index in [9.17, 15) is 19.1 Å². The molecular formula is C29H25FN2O3. The lowest BCUT2D eigenvalue weighted by Crippen LogP contribution is -2.31. The van der Waals surface area contributed by atoms with E-state index in [-0.39, 0.29) is 16.9 Å². The Morgan fingerprint density at radius 3 is 2.43 bits per heavy atom. The third-order valence-electron chi connectivity index (χ3n) is 6.66. The predicted octanol–water partition coefficient (Wildman–Crippen LogP) is 5.53. The summed E-state index contributed by atoms with van der Waals surface area (Å²) in [7, 11) is 0. The Morgan fingerprint density at radius 2 is 1.71 bits per heavy atom. The summed E-state index contributed by atoms with van der Waals surface area (Å²) in [6.45, 7) is 2.35. The largest absolute Gasteiger partial charge is 0.507 e. The van der Waals surface area contributed by atoms with E-state index in [1.54, 1.807) is 0 Å². The van der Waals surface area contributed by atoms with Gasteiger partial charge in [-0.1, -0.05) is 49.4 Å². The molecule has 1 saturated heterocycles. The van der Waals surface area contributed by atoms with Crippen LogP contribution in [0.15, 0.2) is 84.6 Å². The lowest BCUT2D eigenvalue weighted by atomic mass is 9.94. The van der Waals surface area contributed by atoms with Crippen LogP contribution in [-0.4, -0.2) is 33.2 Å². The summed E-state index contributed by atoms with van der Waals surface area (Å²) in [6.07, 6.45) is 3.32. The minimum atomic E-state index is -0.740. The van der Waals surface area contributed by atoms with Gasteiger partial charge in [-0.05, 0) is 59.9 Å². The number of aromatic amines is 1. The Morgan fingerprint density at radius 1 is 1.00 bits per heavy atom. The first kappa shape index (κ1) is 22.6. The molecular weight excluding hydrogens is 443 g/mol. The number of hydrogen-bond donors (Lipinski definition) is 2. The van der Waals surface area contributed by atoms with Gasteiger partial charge < -0.3 is 15.0 Å². The van der Waals surface area contributed by atoms with Crippen LogP contribution in [0.5, 0.6) is 0 Å². The number of nitrogens with zero attached hydrogens (tertiary/aromatic N) is 1. The highest BCUT2D eigenvalue weighted by molar-refractivity contribution is 6.46. The minimum Gasteiger partial charge on any atom is -0.507 e. The van der Waals surface area contributed by atoms with Crippen LogP contribution in [0, 0.1) is 5.82 Å². The van der Waals surface area contributed by atoms with Gasteiger partial charge in [0.15, 0.2) is 0 Å². The number of benzene rings is 3. The molecule has 2 heterocycles. The van der Waals surface area contributed by atoms with Crippen molar-refractivity contribution in [2.75, 3.05) is 6.54 Å². The molecule has 35 heavy (non-hydrogen) atoms. The number of aromatic nitrogens is 1. The van der Waals surface area contributed by atoms with Gasteiger partial charge in [0.25, 0.3) is 11.7 Å². The highest BCUT2D eigenvalue weighted by atomic mass is 19.1. The normalized spacial score (nSPS) is 17.4. The van der Waals surface area contributed by atoms with Gasteiger partial charge in [0, 0.05) is 29.2 Å². The maximum Gasteiger partial charge on any atom is 0.295 e. The second-order valence-electron chi connectivity index (χ2n) is 8.70. The average molecular weight is 469 g/mol. The van der Waals surface area contributed by atoms with Crippen molar-refractivity contribution in [3.05, 3.63) is 113 Å². The Kier molecular flexibility index (Phi) is 5.95. The molecule has 0 aliphatic carbocycles. The van der Waals surface area contributed by atoms with E-state index >= 15 is 0 Å². The number of H-pyrrole nitrogens is 1. The molecule has 0 spiro atoms. The minimum absolute atomic E-state index is 0.0183. The number of Topliss-reactive ketones (excluding diaryl/α,β-unsaturated/α-hetero) is 1. The standard InChI is InChI=1S/C29H25FN2O3/c1-2-18-7-9-19(10-8-18)26-25(27(33)20-11-13-22(30)14-12-20)28(34)29(35)32(26)16-15-21-17-31-24-6-4-3-5-23(21)24/h3-14,17,26,31,33H,2,15-16H2,1H3. The number of ketones is 1. The maximum atomic E-state index is 13.5. The van der Waals surface area contributed by atoms with E-state index in [1.807, 2.05) is 54.7 Å². The molecule has 2 N–H and O–H groups in total. The van der Waals surface area contributed by atoms with Gasteiger partial charge in [-0.25, -0.2) is 4.39 Å². The topological polar surface area (TPSA) is 73.4 Å². The summed E-state index contributed by atoms with van der Waals surface area (Å²) >= 11 is 0. The molecule has 1 aliphatic heterocycles. The van der Waals surface area contributed by atoms with Crippen molar-refractivity contribution >= 4 is 28.4 Å². The van der Waals surface area contributed by atoms with Crippen LogP contribution >= 0.6 is 0 Å². The van der Waals surface area contributed by atoms with Gasteiger partial charge in [0.05, 0.1) is 11.6 Å². The molecule has 0 saturated carbocycles. The number of carbonyl (C=O) groups excluding carboxylic acids is 2. The Labute approximate surface area is 202 Å². The molecule has 1 aromatic heterocycles. The molecule has 3 aromatic carbocycles. The number of hydrogen-bond acceptors (Lipinski definition) is 3. The van der Waals surface area contributed by atoms with Crippen molar-refractivity contribution in [2.45, 2.75) is 25.8 Å². The van der Waals surface area contributed by atoms with Crippen molar-refractivity contribution in [3.63, 3.8) is 0 Å². The number of aliphatic hydroxyl groups is 1. The first-order valence-corrected chi connectivity index (χ1v) is 11.7. The van der Waals surface area contributed by atoms with Gasteiger partial charge >= 0.3 is 0 Å². The molecule has 0 bridgehead atoms. The third-order valence-corrected chi connectivity index (χ3v) is 6.66. The molecule has 1 fully saturated rings. The summed E-state index contributed by atoms with van der Waals surface area (Å²) in [5, 5.41) is 12.2. The zero-order valence-electron chi connectivity index (χ0n) is 19.3. The summed E-state index contributed by atoms with van der Waals surface area (Å²) in [5.41, 5.74) is 4.22. The smallest absolute Gasteiger partial charge is 0.295 e. The molecule has 5 rings (SSSR count). The van der Waals surface area contributed by atoms with E-state index in [2.05, 4.69) is 11.9 Å².